The van der Waals surface area contributed by atoms with E-state index in [4.69, 9.17) is 4.74 Å². The molecule has 0 aromatic rings. The van der Waals surface area contributed by atoms with Gasteiger partial charge in [0.2, 0.25) is 0 Å². The fourth-order valence-electron chi connectivity index (χ4n) is 0.554. The van der Waals surface area contributed by atoms with Gasteiger partial charge in [-0.3, -0.25) is 0 Å². The van der Waals surface area contributed by atoms with Crippen LogP contribution in [0.4, 0.5) is 0 Å². The van der Waals surface area contributed by atoms with Gasteiger partial charge in [-0.05, 0) is 6.92 Å². The Labute approximate surface area is 68.4 Å². The molecule has 0 radical (unpaired) electrons. The van der Waals surface area contributed by atoms with E-state index in [2.05, 4.69) is 19.4 Å². The van der Waals surface area contributed by atoms with E-state index in [1.807, 2.05) is 11.2 Å². The van der Waals surface area contributed by atoms with Gasteiger partial charge in [-0.15, -0.1) is 6.58 Å². The van der Waals surface area contributed by atoms with E-state index in [9.17, 15) is 0 Å². The van der Waals surface area contributed by atoms with E-state index in [0.29, 0.717) is 0 Å². The van der Waals surface area contributed by atoms with Crippen LogP contribution in [-0.2, 0) is 4.74 Å². The van der Waals surface area contributed by atoms with Crippen LogP contribution in [0, 0.1) is 0 Å². The third kappa shape index (κ3) is 6.13. The number of allylic oxidation sites excluding steroid dienone is 1. The van der Waals surface area contributed by atoms with Gasteiger partial charge in [0, 0.05) is 13.1 Å². The molecule has 0 aromatic carbocycles. The number of hydrogen-bond acceptors (Lipinski definition) is 3. The van der Waals surface area contributed by atoms with Crippen LogP contribution in [0.2, 0.25) is 0 Å². The Morgan fingerprint density at radius 2 is 1.90 bits per heavy atom. The zero-order valence-electron chi connectivity index (χ0n) is 6.42. The minimum Gasteiger partial charge on any atom is -0.379 e. The monoisotopic (exact) mass is 161 g/mol. The molecule has 1 heterocycles. The number of morpholine rings is 1. The van der Waals surface area contributed by atoms with Crippen LogP contribution in [0.25, 0.3) is 0 Å². The van der Waals surface area contributed by atoms with Gasteiger partial charge in [0.05, 0.1) is 13.2 Å². The van der Waals surface area contributed by atoms with E-state index in [1.54, 1.807) is 6.08 Å². The molecular formula is C7H15NOS. The molecule has 0 aromatic heterocycles. The molecule has 0 spiro atoms. The van der Waals surface area contributed by atoms with Gasteiger partial charge >= 0.3 is 0 Å². The van der Waals surface area contributed by atoms with Crippen molar-refractivity contribution in [2.45, 2.75) is 6.92 Å². The highest BCUT2D eigenvalue weighted by Gasteiger charge is 2.03. The smallest absolute Gasteiger partial charge is 0.0603 e. The van der Waals surface area contributed by atoms with Gasteiger partial charge in [0.25, 0.3) is 0 Å². The van der Waals surface area contributed by atoms with Crippen LogP contribution in [0.5, 0.6) is 0 Å². The van der Waals surface area contributed by atoms with Crippen LogP contribution in [0.15, 0.2) is 12.7 Å². The third-order valence-electron chi connectivity index (χ3n) is 0.987. The maximum absolute atomic E-state index is 5.05. The van der Waals surface area contributed by atoms with Crippen LogP contribution < -0.4 is 0 Å². The van der Waals surface area contributed by atoms with Crippen molar-refractivity contribution in [1.82, 2.24) is 4.31 Å². The standard InChI is InChI=1S/C4H9NOS.C3H6/c7-5-1-3-6-4-2-5;1-3-2/h7H,1-4H2;3H,1H2,2H3. The lowest BCUT2D eigenvalue weighted by molar-refractivity contribution is 0.0781. The molecule has 1 aliphatic heterocycles. The number of nitrogens with zero attached hydrogens (tertiary/aromatic N) is 1. The van der Waals surface area contributed by atoms with E-state index >= 15 is 0 Å². The van der Waals surface area contributed by atoms with Crippen molar-refractivity contribution in [3.05, 3.63) is 12.7 Å². The Hall–Kier alpha value is 0.01000. The lowest BCUT2D eigenvalue weighted by Crippen LogP contribution is -2.28. The largest absolute Gasteiger partial charge is 0.379 e. The van der Waals surface area contributed by atoms with Crippen LogP contribution in [-0.4, -0.2) is 30.6 Å². The van der Waals surface area contributed by atoms with Gasteiger partial charge in [-0.2, -0.15) is 0 Å². The Morgan fingerprint density at radius 3 is 2.10 bits per heavy atom. The predicted molar refractivity (Wildman–Crippen MR) is 47.2 cm³/mol. The summed E-state index contributed by atoms with van der Waals surface area (Å²) in [6.07, 6.45) is 1.75. The number of rotatable bonds is 0. The fourth-order valence-corrected chi connectivity index (χ4v) is 0.717. The molecule has 0 unspecified atom stereocenters. The summed E-state index contributed by atoms with van der Waals surface area (Å²) in [4.78, 5) is 0. The minimum atomic E-state index is 0.837. The summed E-state index contributed by atoms with van der Waals surface area (Å²) in [6.45, 7) is 8.85. The molecule has 60 valence electrons. The summed E-state index contributed by atoms with van der Waals surface area (Å²) >= 11 is 4.11. The summed E-state index contributed by atoms with van der Waals surface area (Å²) in [6, 6.07) is 0. The molecular weight excluding hydrogens is 146 g/mol. The number of hydrogen-bond donors (Lipinski definition) is 1. The molecule has 1 saturated heterocycles. The SMILES string of the molecule is C=CC.SN1CCOCC1. The van der Waals surface area contributed by atoms with Crippen molar-refractivity contribution in [1.29, 1.82) is 0 Å². The quantitative estimate of drug-likeness (QED) is 0.425. The summed E-state index contributed by atoms with van der Waals surface area (Å²) in [5.74, 6) is 0. The first kappa shape index (κ1) is 10.0. The zero-order chi connectivity index (χ0) is 7.82. The normalized spacial score (nSPS) is 19.0. The first-order valence-electron chi connectivity index (χ1n) is 3.40. The van der Waals surface area contributed by atoms with E-state index in [-0.39, 0.29) is 0 Å². The molecule has 1 fully saturated rings. The van der Waals surface area contributed by atoms with Crippen LogP contribution in [0.1, 0.15) is 6.92 Å². The van der Waals surface area contributed by atoms with Gasteiger partial charge < -0.3 is 4.74 Å². The third-order valence-corrected chi connectivity index (χ3v) is 1.39. The lowest BCUT2D eigenvalue weighted by atomic mass is 10.5. The predicted octanol–water partition coefficient (Wildman–Crippen LogP) is 1.36. The molecule has 2 nitrogen and oxygen atoms in total. The Balaban J connectivity index is 0.000000236. The molecule has 10 heavy (non-hydrogen) atoms. The van der Waals surface area contributed by atoms with Crippen molar-refractivity contribution >= 4 is 12.8 Å². The minimum absolute atomic E-state index is 0.837. The maximum atomic E-state index is 5.05. The van der Waals surface area contributed by atoms with E-state index in [0.717, 1.165) is 26.3 Å². The van der Waals surface area contributed by atoms with Crippen molar-refractivity contribution in [3.63, 3.8) is 0 Å². The second-order valence-electron chi connectivity index (χ2n) is 1.97. The molecule has 0 amide bonds. The second kappa shape index (κ2) is 7.12. The topological polar surface area (TPSA) is 12.5 Å². The van der Waals surface area contributed by atoms with Gasteiger partial charge in [-0.1, -0.05) is 18.9 Å². The zero-order valence-corrected chi connectivity index (χ0v) is 7.31. The Morgan fingerprint density at radius 1 is 1.50 bits per heavy atom. The maximum Gasteiger partial charge on any atom is 0.0603 e. The van der Waals surface area contributed by atoms with Crippen molar-refractivity contribution in [2.24, 2.45) is 0 Å². The summed E-state index contributed by atoms with van der Waals surface area (Å²) in [7, 11) is 0. The lowest BCUT2D eigenvalue weighted by Gasteiger charge is -2.19. The summed E-state index contributed by atoms with van der Waals surface area (Å²) in [5, 5.41) is 0. The van der Waals surface area contributed by atoms with Crippen LogP contribution >= 0.6 is 12.8 Å². The molecule has 0 saturated carbocycles. The molecule has 1 aliphatic rings. The molecule has 3 heteroatoms. The number of thiol groups is 1. The molecule has 1 rings (SSSR count). The average Bonchev–Trinajstić information content (AvgIpc) is 1.91. The second-order valence-corrected chi connectivity index (χ2v) is 2.54. The van der Waals surface area contributed by atoms with Crippen molar-refractivity contribution < 1.29 is 4.74 Å². The Bertz CT molecular complexity index is 81.7. The first-order valence-corrected chi connectivity index (χ1v) is 3.80. The van der Waals surface area contributed by atoms with E-state index in [1.165, 1.54) is 0 Å². The highest BCUT2D eigenvalue weighted by atomic mass is 32.1. The van der Waals surface area contributed by atoms with E-state index < -0.39 is 0 Å². The highest BCUT2D eigenvalue weighted by molar-refractivity contribution is 7.77. The number of ether oxygens (including phenoxy) is 1. The Kier molecular flexibility index (Phi) is 7.13. The summed E-state index contributed by atoms with van der Waals surface area (Å²) in [5.41, 5.74) is 0. The molecule has 0 bridgehead atoms. The summed E-state index contributed by atoms with van der Waals surface area (Å²) < 4.78 is 7.01. The van der Waals surface area contributed by atoms with Crippen molar-refractivity contribution in [3.8, 4) is 0 Å². The van der Waals surface area contributed by atoms with Gasteiger partial charge in [0.15, 0.2) is 0 Å². The van der Waals surface area contributed by atoms with Gasteiger partial charge in [0.1, 0.15) is 0 Å². The fraction of sp³-hybridized carbons (Fsp3) is 0.714. The molecule has 0 atom stereocenters. The molecule has 0 aliphatic carbocycles. The highest BCUT2D eigenvalue weighted by Crippen LogP contribution is 1.97. The molecule has 0 N–H and O–H groups in total. The average molecular weight is 161 g/mol. The van der Waals surface area contributed by atoms with Crippen LogP contribution in [0.3, 0.4) is 0 Å². The first-order chi connectivity index (χ1) is 4.81. The van der Waals surface area contributed by atoms with Crippen molar-refractivity contribution in [2.75, 3.05) is 26.3 Å². The van der Waals surface area contributed by atoms with Gasteiger partial charge in [-0.25, -0.2) is 4.31 Å².